The zero-order valence-corrected chi connectivity index (χ0v) is 24.7. The van der Waals surface area contributed by atoms with Crippen molar-refractivity contribution in [1.29, 1.82) is 0 Å². The van der Waals surface area contributed by atoms with Gasteiger partial charge in [-0.15, -0.1) is 0 Å². The van der Waals surface area contributed by atoms with Crippen molar-refractivity contribution < 1.29 is 19.4 Å². The van der Waals surface area contributed by atoms with E-state index >= 15 is 0 Å². The predicted molar refractivity (Wildman–Crippen MR) is 169 cm³/mol. The molecule has 0 aliphatic heterocycles. The third kappa shape index (κ3) is 8.81. The van der Waals surface area contributed by atoms with Crippen molar-refractivity contribution in [3.63, 3.8) is 0 Å². The first kappa shape index (κ1) is 30.6. The van der Waals surface area contributed by atoms with Crippen LogP contribution in [0.5, 0.6) is 0 Å². The first-order valence-corrected chi connectivity index (χ1v) is 15.3. The van der Waals surface area contributed by atoms with E-state index < -0.39 is 12.6 Å². The normalized spacial score (nSPS) is 17.6. The highest BCUT2D eigenvalue weighted by Crippen LogP contribution is 2.38. The monoisotopic (exact) mass is 554 g/mol. The molecule has 218 valence electrons. The molecule has 0 bridgehead atoms. The van der Waals surface area contributed by atoms with E-state index in [0.717, 1.165) is 11.5 Å². The topological polar surface area (TPSA) is 55.8 Å². The number of fused-ring (bicyclic) bond motifs is 1. The van der Waals surface area contributed by atoms with E-state index in [9.17, 15) is 4.79 Å². The van der Waals surface area contributed by atoms with E-state index in [1.165, 1.54) is 85.1 Å². The van der Waals surface area contributed by atoms with Gasteiger partial charge in [0, 0.05) is 5.92 Å². The smallest absolute Gasteiger partial charge is 0.335 e. The lowest BCUT2D eigenvalue weighted by Gasteiger charge is -2.29. The Morgan fingerprint density at radius 3 is 2.37 bits per heavy atom. The number of aliphatic hydroxyl groups excluding tert-OH is 1. The molecule has 4 rings (SSSR count). The molecule has 41 heavy (non-hydrogen) atoms. The number of benzene rings is 3. The summed E-state index contributed by atoms with van der Waals surface area (Å²) in [5.74, 6) is 1.02. The number of ether oxygens (including phenoxy) is 2. The zero-order chi connectivity index (χ0) is 29.0. The number of hydrogen-bond donors (Lipinski definition) is 1. The first-order valence-electron chi connectivity index (χ1n) is 15.3. The second kappa shape index (κ2) is 15.6. The predicted octanol–water partition coefficient (Wildman–Crippen LogP) is 8.77. The summed E-state index contributed by atoms with van der Waals surface area (Å²) in [6, 6.07) is 22.4. The van der Waals surface area contributed by atoms with Gasteiger partial charge in [-0.05, 0) is 83.0 Å². The van der Waals surface area contributed by atoms with Crippen molar-refractivity contribution in [3.8, 4) is 11.1 Å². The van der Waals surface area contributed by atoms with Gasteiger partial charge in [0.25, 0.3) is 0 Å². The van der Waals surface area contributed by atoms with Crippen LogP contribution in [-0.4, -0.2) is 30.9 Å². The second-order valence-corrected chi connectivity index (χ2v) is 11.7. The number of unbranched alkanes of at least 4 members (excludes halogenated alkanes) is 2. The van der Waals surface area contributed by atoms with Crippen LogP contribution >= 0.6 is 0 Å². The maximum atomic E-state index is 11.9. The molecule has 0 spiro atoms. The molecule has 0 radical (unpaired) electrons. The molecule has 0 aromatic heterocycles. The van der Waals surface area contributed by atoms with Gasteiger partial charge < -0.3 is 14.6 Å². The fourth-order valence-corrected chi connectivity index (χ4v) is 6.08. The van der Waals surface area contributed by atoms with Crippen molar-refractivity contribution in [2.24, 2.45) is 11.8 Å². The van der Waals surface area contributed by atoms with Gasteiger partial charge in [0.05, 0.1) is 31.7 Å². The van der Waals surface area contributed by atoms with Crippen LogP contribution in [0.15, 0.2) is 85.7 Å². The van der Waals surface area contributed by atoms with E-state index in [1.807, 2.05) is 0 Å². The van der Waals surface area contributed by atoms with Crippen LogP contribution in [0.4, 0.5) is 0 Å². The molecule has 0 heterocycles. The highest BCUT2D eigenvalue weighted by molar-refractivity contribution is 5.88. The third-order valence-corrected chi connectivity index (χ3v) is 8.59. The molecule has 1 saturated carbocycles. The molecule has 0 amide bonds. The summed E-state index contributed by atoms with van der Waals surface area (Å²) in [5, 5.41) is 11.5. The number of esters is 1. The summed E-state index contributed by atoms with van der Waals surface area (Å²) in [4.78, 5) is 11.9. The Bertz CT molecular complexity index is 1280. The van der Waals surface area contributed by atoms with Crippen LogP contribution in [0.3, 0.4) is 0 Å². The minimum Gasteiger partial charge on any atom is -0.501 e. The lowest BCUT2D eigenvalue weighted by molar-refractivity contribution is -0.141. The Labute approximate surface area is 246 Å². The second-order valence-electron chi connectivity index (χ2n) is 11.7. The molecule has 1 aliphatic rings. The minimum absolute atomic E-state index is 0.0461. The molecule has 4 nitrogen and oxygen atoms in total. The van der Waals surface area contributed by atoms with Crippen molar-refractivity contribution in [2.75, 3.05) is 19.8 Å². The van der Waals surface area contributed by atoms with Crippen LogP contribution in [0.25, 0.3) is 21.9 Å². The summed E-state index contributed by atoms with van der Waals surface area (Å²) in [7, 11) is 0. The summed E-state index contributed by atoms with van der Waals surface area (Å²) >= 11 is 0. The van der Waals surface area contributed by atoms with Gasteiger partial charge in [-0.25, -0.2) is 4.79 Å². The Hall–Kier alpha value is -3.37. The molecule has 1 aliphatic carbocycles. The molecule has 3 aromatic rings. The molecule has 1 unspecified atom stereocenters. The fraction of sp³-hybridized carbons (Fsp3) is 0.432. The Morgan fingerprint density at radius 2 is 1.66 bits per heavy atom. The standard InChI is InChI=1S/C37H46O4/c1-4-6-7-8-28-9-12-31(13-10-28)32-15-17-33(18-16-32)35-20-19-34-22-29(11-14-36(34)23-35)21-30(25-40-5-2)26-41-37(39)27(3)24-38/h5,11,14-20,22-23,28,30-31,38H,2-4,6-10,12-13,21,24-26H2,1H3. The summed E-state index contributed by atoms with van der Waals surface area (Å²) in [6.45, 7) is 9.58. The van der Waals surface area contributed by atoms with Crippen LogP contribution < -0.4 is 0 Å². The van der Waals surface area contributed by atoms with Crippen molar-refractivity contribution >= 4 is 16.7 Å². The van der Waals surface area contributed by atoms with E-state index in [1.54, 1.807) is 0 Å². The number of carbonyl (C=O) groups excluding carboxylic acids is 1. The number of carbonyl (C=O) groups is 1. The number of hydrogen-bond acceptors (Lipinski definition) is 4. The zero-order valence-electron chi connectivity index (χ0n) is 24.7. The molecular formula is C37H46O4. The summed E-state index contributed by atoms with van der Waals surface area (Å²) in [6.07, 6.45) is 13.0. The fourth-order valence-electron chi connectivity index (χ4n) is 6.08. The van der Waals surface area contributed by atoms with Gasteiger partial charge in [0.2, 0.25) is 0 Å². The largest absolute Gasteiger partial charge is 0.501 e. The van der Waals surface area contributed by atoms with Crippen molar-refractivity contribution in [3.05, 3.63) is 96.8 Å². The Kier molecular flexibility index (Phi) is 11.6. The lowest BCUT2D eigenvalue weighted by atomic mass is 9.77. The number of rotatable bonds is 15. The molecule has 0 saturated heterocycles. The van der Waals surface area contributed by atoms with Gasteiger partial charge >= 0.3 is 5.97 Å². The molecular weight excluding hydrogens is 508 g/mol. The molecule has 1 N–H and O–H groups in total. The average molecular weight is 555 g/mol. The summed E-state index contributed by atoms with van der Waals surface area (Å²) < 4.78 is 10.7. The molecule has 3 aromatic carbocycles. The van der Waals surface area contributed by atoms with E-state index in [0.29, 0.717) is 18.9 Å². The quantitative estimate of drug-likeness (QED) is 0.0883. The minimum atomic E-state index is -0.583. The highest BCUT2D eigenvalue weighted by atomic mass is 16.5. The SMILES string of the molecule is C=COCC(COC(=O)C(=C)CO)Cc1ccc2cc(-c3ccc(C4CCC(CCCCC)CC4)cc3)ccc2c1. The van der Waals surface area contributed by atoms with Gasteiger partial charge in [0.1, 0.15) is 0 Å². The maximum Gasteiger partial charge on any atom is 0.335 e. The van der Waals surface area contributed by atoms with Crippen molar-refractivity contribution in [2.45, 2.75) is 70.6 Å². The molecule has 1 fully saturated rings. The highest BCUT2D eigenvalue weighted by Gasteiger charge is 2.22. The first-order chi connectivity index (χ1) is 20.0. The molecule has 1 atom stereocenters. The number of aliphatic hydroxyl groups is 1. The van der Waals surface area contributed by atoms with Gasteiger partial charge in [-0.2, -0.15) is 0 Å². The van der Waals surface area contributed by atoms with E-state index in [2.05, 4.69) is 80.7 Å². The van der Waals surface area contributed by atoms with Crippen LogP contribution in [0.1, 0.15) is 75.3 Å². The maximum absolute atomic E-state index is 11.9. The molecule has 4 heteroatoms. The van der Waals surface area contributed by atoms with Gasteiger partial charge in [0.15, 0.2) is 0 Å². The lowest BCUT2D eigenvalue weighted by Crippen LogP contribution is -2.21. The van der Waals surface area contributed by atoms with Gasteiger partial charge in [-0.1, -0.05) is 100 Å². The van der Waals surface area contributed by atoms with Crippen LogP contribution in [-0.2, 0) is 20.7 Å². The average Bonchev–Trinajstić information content (AvgIpc) is 3.02. The van der Waals surface area contributed by atoms with Crippen LogP contribution in [0, 0.1) is 11.8 Å². The van der Waals surface area contributed by atoms with Crippen molar-refractivity contribution in [1.82, 2.24) is 0 Å². The van der Waals surface area contributed by atoms with E-state index in [-0.39, 0.29) is 18.1 Å². The van der Waals surface area contributed by atoms with E-state index in [4.69, 9.17) is 14.6 Å². The van der Waals surface area contributed by atoms with Crippen LogP contribution in [0.2, 0.25) is 0 Å². The third-order valence-electron chi connectivity index (χ3n) is 8.59. The Morgan fingerprint density at radius 1 is 0.951 bits per heavy atom. The summed E-state index contributed by atoms with van der Waals surface area (Å²) in [5.41, 5.74) is 5.16. The van der Waals surface area contributed by atoms with Gasteiger partial charge in [-0.3, -0.25) is 0 Å². The Balaban J connectivity index is 1.37.